The Morgan fingerprint density at radius 2 is 1.13 bits per heavy atom. The molecule has 1 rings (SSSR count). The van der Waals surface area contributed by atoms with Gasteiger partial charge in [0.25, 0.3) is 0 Å². The van der Waals surface area contributed by atoms with Crippen LogP contribution < -0.4 is 5.32 Å². The van der Waals surface area contributed by atoms with E-state index in [1.165, 1.54) is 110 Å². The Hall–Kier alpha value is 1.28. The Morgan fingerprint density at radius 3 is 1.65 bits per heavy atom. The van der Waals surface area contributed by atoms with E-state index >= 15 is 0 Å². The molecule has 0 bridgehead atoms. The Kier molecular flexibility index (Phi) is 20.4. The molecule has 0 aromatic heterocycles. The van der Waals surface area contributed by atoms with E-state index in [1.807, 2.05) is 0 Å². The molecule has 1 radical (unpaired) electrons. The summed E-state index contributed by atoms with van der Waals surface area (Å²) in [4.78, 5) is 2.71. The predicted octanol–water partition coefficient (Wildman–Crippen LogP) is 8.31. The molecule has 1 aliphatic heterocycles. The number of hydrogen-bond acceptors (Lipinski definition) is 4. The molecule has 0 atom stereocenters. The molecule has 187 valence electrons. The van der Waals surface area contributed by atoms with E-state index in [4.69, 9.17) is 0 Å². The van der Waals surface area contributed by atoms with Crippen molar-refractivity contribution >= 4 is 21.6 Å². The van der Waals surface area contributed by atoms with Gasteiger partial charge < -0.3 is 10.2 Å². The minimum Gasteiger partial charge on any atom is -0.314 e. The summed E-state index contributed by atoms with van der Waals surface area (Å²) in [5.41, 5.74) is 0. The van der Waals surface area contributed by atoms with E-state index in [0.717, 1.165) is 13.1 Å². The first-order valence-corrected chi connectivity index (χ1v) is 15.3. The van der Waals surface area contributed by atoms with Gasteiger partial charge in [0.2, 0.25) is 0 Å². The summed E-state index contributed by atoms with van der Waals surface area (Å²) in [5.74, 6) is 0. The number of unbranched alkanes of at least 4 members (excludes halogenated alkanes) is 13. The van der Waals surface area contributed by atoms with Gasteiger partial charge in [-0.15, -0.1) is 0 Å². The zero-order valence-corrected chi connectivity index (χ0v) is 25.9. The van der Waals surface area contributed by atoms with Crippen LogP contribution in [0.4, 0.5) is 0 Å². The molecule has 1 aliphatic rings. The molecule has 2 nitrogen and oxygen atoms in total. The van der Waals surface area contributed by atoms with Gasteiger partial charge in [0.05, 0.1) is 0 Å². The van der Waals surface area contributed by atoms with Crippen LogP contribution in [0.25, 0.3) is 0 Å². The molecule has 0 aromatic rings. The zero-order chi connectivity index (χ0) is 22.1. The summed E-state index contributed by atoms with van der Waals surface area (Å²) in [6, 6.07) is 0. The first-order chi connectivity index (χ1) is 14.3. The van der Waals surface area contributed by atoms with Crippen LogP contribution in [0.15, 0.2) is 0 Å². The van der Waals surface area contributed by atoms with Crippen LogP contribution >= 0.6 is 21.6 Å². The average molecular weight is 647 g/mol. The maximum Gasteiger partial charge on any atom is 0.0334 e. The van der Waals surface area contributed by atoms with Crippen molar-refractivity contribution in [3.05, 3.63) is 0 Å². The van der Waals surface area contributed by atoms with E-state index in [9.17, 15) is 0 Å². The van der Waals surface area contributed by atoms with Crippen molar-refractivity contribution in [3.8, 4) is 0 Å². The van der Waals surface area contributed by atoms with Crippen LogP contribution in [0, 0.1) is 0 Å². The van der Waals surface area contributed by atoms with Crippen molar-refractivity contribution in [2.75, 3.05) is 32.7 Å². The summed E-state index contributed by atoms with van der Waals surface area (Å²) in [5, 5.41) is 3.68. The maximum absolute atomic E-state index is 3.68. The van der Waals surface area contributed by atoms with Crippen LogP contribution in [0.3, 0.4) is 0 Å². The largest absolute Gasteiger partial charge is 0.314 e. The van der Waals surface area contributed by atoms with Gasteiger partial charge in [-0.25, -0.2) is 0 Å². The molecule has 1 fully saturated rings. The maximum atomic E-state index is 3.68. The Bertz CT molecular complexity index is 405. The minimum atomic E-state index is 0. The Balaban J connectivity index is 0.00000900. The normalized spacial score (nSPS) is 19.6. The standard InChI is InChI=1S/C26H54N2S2.Re/c1-6-7-8-9-10-11-12-13-14-15-16-17-18-19-21-28-22-20-27-23-25(2,3)29-30-26(4,5)24-28;/h27H,6-24H2,1-5H3;/i;1+2. The number of rotatable bonds is 15. The van der Waals surface area contributed by atoms with Gasteiger partial charge in [0.15, 0.2) is 0 Å². The van der Waals surface area contributed by atoms with Gasteiger partial charge in [0, 0.05) is 56.1 Å². The molecule has 1 N–H and O–H groups in total. The smallest absolute Gasteiger partial charge is 0.0334 e. The molecule has 0 saturated carbocycles. The van der Waals surface area contributed by atoms with Crippen molar-refractivity contribution in [2.24, 2.45) is 0 Å². The fourth-order valence-electron chi connectivity index (χ4n) is 4.25. The molecule has 31 heavy (non-hydrogen) atoms. The first-order valence-electron chi connectivity index (χ1n) is 13.1. The molecule has 0 unspecified atom stereocenters. The van der Waals surface area contributed by atoms with Gasteiger partial charge >= 0.3 is 0 Å². The van der Waals surface area contributed by atoms with Crippen molar-refractivity contribution in [1.29, 1.82) is 0 Å². The average Bonchev–Trinajstić information content (AvgIpc) is 2.69. The zero-order valence-electron chi connectivity index (χ0n) is 21.6. The van der Waals surface area contributed by atoms with Crippen molar-refractivity contribution < 1.29 is 20.4 Å². The summed E-state index contributed by atoms with van der Waals surface area (Å²) >= 11 is 0. The van der Waals surface area contributed by atoms with E-state index in [2.05, 4.69) is 66.4 Å². The van der Waals surface area contributed by atoms with Gasteiger partial charge in [-0.05, 0) is 40.7 Å². The van der Waals surface area contributed by atoms with Crippen molar-refractivity contribution in [3.63, 3.8) is 0 Å². The fraction of sp³-hybridized carbons (Fsp3) is 1.00. The van der Waals surface area contributed by atoms with E-state index in [1.54, 1.807) is 0 Å². The quantitative estimate of drug-likeness (QED) is 0.142. The van der Waals surface area contributed by atoms with Crippen LogP contribution in [0.5, 0.6) is 0 Å². The molecule has 0 aliphatic carbocycles. The second-order valence-electron chi connectivity index (χ2n) is 10.7. The summed E-state index contributed by atoms with van der Waals surface area (Å²) < 4.78 is 0.647. The summed E-state index contributed by atoms with van der Waals surface area (Å²) in [6.07, 6.45) is 20.2. The summed E-state index contributed by atoms with van der Waals surface area (Å²) in [7, 11) is 4.15. The van der Waals surface area contributed by atoms with Crippen LogP contribution in [-0.4, -0.2) is 47.1 Å². The number of hydrogen-bond donors (Lipinski definition) is 1. The van der Waals surface area contributed by atoms with E-state index in [-0.39, 0.29) is 20.4 Å². The van der Waals surface area contributed by atoms with Crippen LogP contribution in [-0.2, 0) is 20.4 Å². The van der Waals surface area contributed by atoms with Crippen LogP contribution in [0.2, 0.25) is 0 Å². The molecular weight excluding hydrogens is 592 g/mol. The molecule has 0 aromatic carbocycles. The third-order valence-electron chi connectivity index (χ3n) is 6.08. The van der Waals surface area contributed by atoms with Gasteiger partial charge in [-0.2, -0.15) is 0 Å². The molecule has 1 heterocycles. The first kappa shape index (κ1) is 32.3. The molecule has 0 amide bonds. The topological polar surface area (TPSA) is 15.3 Å². The van der Waals surface area contributed by atoms with Gasteiger partial charge in [-0.1, -0.05) is 112 Å². The van der Waals surface area contributed by atoms with Crippen molar-refractivity contribution in [2.45, 2.75) is 134 Å². The Labute approximate surface area is 218 Å². The van der Waals surface area contributed by atoms with Crippen molar-refractivity contribution in [1.82, 2.24) is 10.2 Å². The fourth-order valence-corrected chi connectivity index (χ4v) is 6.78. The molecule has 1 saturated heterocycles. The molecule has 5 heteroatoms. The Morgan fingerprint density at radius 1 is 0.677 bits per heavy atom. The molecule has 0 spiro atoms. The second-order valence-corrected chi connectivity index (χ2v) is 14.3. The monoisotopic (exact) mass is 646 g/mol. The number of nitrogens with zero attached hydrogens (tertiary/aromatic N) is 1. The van der Waals surface area contributed by atoms with E-state index < -0.39 is 0 Å². The third-order valence-corrected chi connectivity index (χ3v) is 10.3. The predicted molar refractivity (Wildman–Crippen MR) is 143 cm³/mol. The third kappa shape index (κ3) is 19.3. The van der Waals surface area contributed by atoms with Crippen LogP contribution in [0.1, 0.15) is 125 Å². The molecular formula is C26H54N2ReS2. The minimum absolute atomic E-state index is 0. The number of nitrogens with one attached hydrogen (secondary N) is 1. The second kappa shape index (κ2) is 19.6. The van der Waals surface area contributed by atoms with Gasteiger partial charge in [-0.3, -0.25) is 0 Å². The summed E-state index contributed by atoms with van der Waals surface area (Å²) in [6.45, 7) is 17.8. The SMILES string of the molecule is CCCCCCCCCCCCCCCCN1CCNCC(C)(C)SSC(C)(C)C1.[188Re]. The van der Waals surface area contributed by atoms with E-state index in [0.29, 0.717) is 9.49 Å². The van der Waals surface area contributed by atoms with Gasteiger partial charge in [0.1, 0.15) is 0 Å².